The molecule has 0 spiro atoms. The molecule has 6 rings (SSSR count). The second-order valence-corrected chi connectivity index (χ2v) is 15.2. The summed E-state index contributed by atoms with van der Waals surface area (Å²) in [5.74, 6) is 0.299. The highest BCUT2D eigenvalue weighted by molar-refractivity contribution is 7.99. The molecule has 0 unspecified atom stereocenters. The van der Waals surface area contributed by atoms with Gasteiger partial charge in [-0.15, -0.1) is 18.3 Å². The minimum Gasteiger partial charge on any atom is -0.463 e. The number of esters is 1. The molecule has 11 heteroatoms. The van der Waals surface area contributed by atoms with Crippen molar-refractivity contribution in [3.63, 3.8) is 0 Å². The van der Waals surface area contributed by atoms with Gasteiger partial charge in [0, 0.05) is 6.92 Å². The molecule has 0 aliphatic carbocycles. The molecule has 57 heavy (non-hydrogen) atoms. The average molecular weight is 799 g/mol. The lowest BCUT2D eigenvalue weighted by molar-refractivity contribution is -0.336. The number of carbonyl (C=O) groups is 1. The Kier molecular flexibility index (Phi) is 17.2. The lowest BCUT2D eigenvalue weighted by atomic mass is 9.98. The first-order chi connectivity index (χ1) is 28.0. The molecule has 2 fully saturated rings. The first kappa shape index (κ1) is 42.7. The van der Waals surface area contributed by atoms with E-state index in [4.69, 9.17) is 42.6 Å². The van der Waals surface area contributed by atoms with Crippen LogP contribution in [0.15, 0.2) is 134 Å². The maximum atomic E-state index is 12.0. The van der Waals surface area contributed by atoms with Crippen LogP contribution in [-0.4, -0.2) is 86.0 Å². The van der Waals surface area contributed by atoms with Gasteiger partial charge in [0.15, 0.2) is 6.29 Å². The Morgan fingerprint density at radius 2 is 1.16 bits per heavy atom. The number of rotatable bonds is 21. The first-order valence-electron chi connectivity index (χ1n) is 19.5. The zero-order chi connectivity index (χ0) is 39.7. The predicted molar refractivity (Wildman–Crippen MR) is 218 cm³/mol. The van der Waals surface area contributed by atoms with Gasteiger partial charge in [0.05, 0.1) is 39.6 Å². The standard InChI is InChI=1S/C46H54O10S/c1-4-26-48-42-41(52-29-36-22-14-8-15-23-36)39(32-49-33(3)47)55-46(57-5-2)44(42)56-45-43(53-30-37-24-16-9-17-25-37)40(51-28-35-20-12-7-13-21-35)38(31-54-45)50-27-34-18-10-6-11-19-34/h4,6-25,38-46H,1,5,26-32H2,2-3H3/t38-,39-,40+,41-,42+,43-,44+,45+,46-/m1/s1. The van der Waals surface area contributed by atoms with Crippen LogP contribution >= 0.6 is 11.8 Å². The van der Waals surface area contributed by atoms with Crippen LogP contribution in [0.25, 0.3) is 0 Å². The molecule has 0 saturated carbocycles. The number of ether oxygens (including phenoxy) is 9. The minimum atomic E-state index is -0.922. The summed E-state index contributed by atoms with van der Waals surface area (Å²) in [4.78, 5) is 12.0. The highest BCUT2D eigenvalue weighted by atomic mass is 32.2. The topological polar surface area (TPSA) is 100 Å². The molecular weight excluding hydrogens is 745 g/mol. The number of hydrogen-bond acceptors (Lipinski definition) is 11. The van der Waals surface area contributed by atoms with Crippen molar-refractivity contribution >= 4 is 17.7 Å². The molecule has 0 N–H and O–H groups in total. The molecule has 9 atom stereocenters. The first-order valence-corrected chi connectivity index (χ1v) is 20.6. The fourth-order valence-electron chi connectivity index (χ4n) is 6.84. The second-order valence-electron chi connectivity index (χ2n) is 13.8. The largest absolute Gasteiger partial charge is 0.463 e. The third-order valence-electron chi connectivity index (χ3n) is 9.62. The summed E-state index contributed by atoms with van der Waals surface area (Å²) in [5.41, 5.74) is 3.46. The normalized spacial score (nSPS) is 26.1. The molecule has 4 aromatic rings. The van der Waals surface area contributed by atoms with Crippen molar-refractivity contribution in [1.29, 1.82) is 0 Å². The Hall–Kier alpha value is -3.88. The van der Waals surface area contributed by atoms with E-state index in [1.54, 1.807) is 17.8 Å². The summed E-state index contributed by atoms with van der Waals surface area (Å²) in [6.45, 7) is 8.98. The Balaban J connectivity index is 1.32. The van der Waals surface area contributed by atoms with Gasteiger partial charge in [0.1, 0.15) is 54.8 Å². The van der Waals surface area contributed by atoms with E-state index in [1.165, 1.54) is 6.92 Å². The summed E-state index contributed by atoms with van der Waals surface area (Å²) in [5, 5.41) is 0. The van der Waals surface area contributed by atoms with Crippen molar-refractivity contribution in [2.45, 2.75) is 94.7 Å². The number of thioether (sulfide) groups is 1. The molecule has 0 radical (unpaired) electrons. The maximum absolute atomic E-state index is 12.0. The van der Waals surface area contributed by atoms with Crippen molar-refractivity contribution in [2.24, 2.45) is 0 Å². The quantitative estimate of drug-likeness (QED) is 0.0613. The van der Waals surface area contributed by atoms with Gasteiger partial charge in [-0.05, 0) is 28.0 Å². The van der Waals surface area contributed by atoms with Crippen LogP contribution < -0.4 is 0 Å². The molecule has 4 aromatic carbocycles. The van der Waals surface area contributed by atoms with Gasteiger partial charge in [0.25, 0.3) is 0 Å². The lowest BCUT2D eigenvalue weighted by Gasteiger charge is -2.48. The van der Waals surface area contributed by atoms with Gasteiger partial charge in [-0.2, -0.15) is 0 Å². The van der Waals surface area contributed by atoms with Gasteiger partial charge < -0.3 is 42.6 Å². The van der Waals surface area contributed by atoms with E-state index >= 15 is 0 Å². The van der Waals surface area contributed by atoms with Crippen LogP contribution in [0.4, 0.5) is 0 Å². The van der Waals surface area contributed by atoms with E-state index in [2.05, 4.69) is 13.5 Å². The SMILES string of the molecule is C=CCO[C@@H]1[C@H](O[C@@H]2OC[C@@H](OCc3ccccc3)[C@H](OCc3ccccc3)[C@H]2OCc2ccccc2)[C@@H](SCC)O[C@H](COC(C)=O)[C@H]1OCc1ccccc1. The van der Waals surface area contributed by atoms with Crippen molar-refractivity contribution < 1.29 is 47.4 Å². The molecule has 2 aliphatic rings. The van der Waals surface area contributed by atoms with E-state index in [9.17, 15) is 4.79 Å². The van der Waals surface area contributed by atoms with Crippen molar-refractivity contribution in [1.82, 2.24) is 0 Å². The summed E-state index contributed by atoms with van der Waals surface area (Å²) in [6, 6.07) is 39.9. The minimum absolute atomic E-state index is 0.0190. The Labute approximate surface area is 340 Å². The Morgan fingerprint density at radius 3 is 1.65 bits per heavy atom. The summed E-state index contributed by atoms with van der Waals surface area (Å²) in [7, 11) is 0. The van der Waals surface area contributed by atoms with Crippen LogP contribution in [-0.2, 0) is 73.9 Å². The van der Waals surface area contributed by atoms with E-state index in [0.29, 0.717) is 19.0 Å². The molecule has 2 heterocycles. The van der Waals surface area contributed by atoms with Gasteiger partial charge in [-0.25, -0.2) is 0 Å². The van der Waals surface area contributed by atoms with Crippen LogP contribution in [0.2, 0.25) is 0 Å². The van der Waals surface area contributed by atoms with Crippen molar-refractivity contribution in [3.05, 3.63) is 156 Å². The molecule has 0 bridgehead atoms. The zero-order valence-corrected chi connectivity index (χ0v) is 33.5. The molecular formula is C46H54O10S. The number of carbonyl (C=O) groups excluding carboxylic acids is 1. The molecule has 0 amide bonds. The summed E-state index contributed by atoms with van der Waals surface area (Å²) >= 11 is 1.57. The lowest BCUT2D eigenvalue weighted by Crippen LogP contribution is -2.64. The summed E-state index contributed by atoms with van der Waals surface area (Å²) in [6.07, 6.45) is -3.78. The van der Waals surface area contributed by atoms with E-state index < -0.39 is 60.4 Å². The number of hydrogen-bond donors (Lipinski definition) is 0. The molecule has 2 saturated heterocycles. The van der Waals surface area contributed by atoms with E-state index in [-0.39, 0.29) is 33.0 Å². The van der Waals surface area contributed by atoms with Crippen LogP contribution in [0.1, 0.15) is 36.1 Å². The second kappa shape index (κ2) is 22.9. The van der Waals surface area contributed by atoms with E-state index in [1.807, 2.05) is 121 Å². The van der Waals surface area contributed by atoms with Gasteiger partial charge in [-0.3, -0.25) is 4.79 Å². The van der Waals surface area contributed by atoms with Gasteiger partial charge >= 0.3 is 5.97 Å². The maximum Gasteiger partial charge on any atom is 0.302 e. The van der Waals surface area contributed by atoms with Crippen LogP contribution in [0, 0.1) is 0 Å². The van der Waals surface area contributed by atoms with Crippen molar-refractivity contribution in [3.8, 4) is 0 Å². The molecule has 0 aromatic heterocycles. The highest BCUT2D eigenvalue weighted by Crippen LogP contribution is 2.37. The van der Waals surface area contributed by atoms with E-state index in [0.717, 1.165) is 22.3 Å². The third kappa shape index (κ3) is 12.8. The number of benzene rings is 4. The molecule has 304 valence electrons. The van der Waals surface area contributed by atoms with Crippen LogP contribution in [0.5, 0.6) is 0 Å². The average Bonchev–Trinajstić information content (AvgIpc) is 3.25. The zero-order valence-electron chi connectivity index (χ0n) is 32.7. The molecule has 2 aliphatic heterocycles. The van der Waals surface area contributed by atoms with Crippen molar-refractivity contribution in [2.75, 3.05) is 25.6 Å². The fraction of sp³-hybridized carbons (Fsp3) is 0.413. The monoisotopic (exact) mass is 798 g/mol. The predicted octanol–water partition coefficient (Wildman–Crippen LogP) is 7.68. The summed E-state index contributed by atoms with van der Waals surface area (Å²) < 4.78 is 59.2. The highest BCUT2D eigenvalue weighted by Gasteiger charge is 2.52. The third-order valence-corrected chi connectivity index (χ3v) is 10.7. The Bertz CT molecular complexity index is 1730. The Morgan fingerprint density at radius 1 is 0.667 bits per heavy atom. The van der Waals surface area contributed by atoms with Crippen LogP contribution in [0.3, 0.4) is 0 Å². The smallest absolute Gasteiger partial charge is 0.302 e. The van der Waals surface area contributed by atoms with Gasteiger partial charge in [0.2, 0.25) is 0 Å². The molecule has 10 nitrogen and oxygen atoms in total. The fourth-order valence-corrected chi connectivity index (χ4v) is 7.80. The van der Waals surface area contributed by atoms with Gasteiger partial charge in [-0.1, -0.05) is 134 Å².